The van der Waals surface area contributed by atoms with Crippen molar-refractivity contribution in [2.24, 2.45) is 0 Å². The molecule has 4 aromatic rings. The van der Waals surface area contributed by atoms with E-state index in [0.29, 0.717) is 60.9 Å². The monoisotopic (exact) mass is 670 g/mol. The van der Waals surface area contributed by atoms with Crippen molar-refractivity contribution < 1.29 is 23.8 Å². The van der Waals surface area contributed by atoms with Crippen LogP contribution in [-0.4, -0.2) is 67.6 Å². The van der Waals surface area contributed by atoms with Crippen molar-refractivity contribution in [3.05, 3.63) is 81.1 Å². The maximum Gasteiger partial charge on any atom is 0.245 e. The number of H-pyrrole nitrogens is 1. The van der Waals surface area contributed by atoms with E-state index in [-0.39, 0.29) is 17.2 Å². The molecule has 252 valence electrons. The third-order valence-corrected chi connectivity index (χ3v) is 9.99. The van der Waals surface area contributed by atoms with Gasteiger partial charge in [0.25, 0.3) is 0 Å². The van der Waals surface area contributed by atoms with Gasteiger partial charge in [-0.3, -0.25) is 14.4 Å². The first-order valence-electron chi connectivity index (χ1n) is 16.2. The summed E-state index contributed by atoms with van der Waals surface area (Å²) in [4.78, 5) is 45.9. The van der Waals surface area contributed by atoms with Crippen molar-refractivity contribution in [2.45, 2.75) is 51.2 Å². The number of rotatable bonds is 10. The summed E-state index contributed by atoms with van der Waals surface area (Å²) in [7, 11) is 4.71. The van der Waals surface area contributed by atoms with Gasteiger partial charge in [-0.1, -0.05) is 24.3 Å². The number of nitrogens with one attached hydrogen (secondary N) is 3. The fraction of sp³-hybridized carbons (Fsp3) is 0.378. The normalized spacial score (nSPS) is 15.8. The zero-order valence-corrected chi connectivity index (χ0v) is 28.8. The highest BCUT2D eigenvalue weighted by Crippen LogP contribution is 2.50. The molecule has 0 saturated heterocycles. The lowest BCUT2D eigenvalue weighted by atomic mass is 9.95. The van der Waals surface area contributed by atoms with Crippen molar-refractivity contribution in [1.29, 1.82) is 0 Å². The lowest BCUT2D eigenvalue weighted by Crippen LogP contribution is -2.45. The number of aromatic nitrogens is 1. The summed E-state index contributed by atoms with van der Waals surface area (Å²) in [6.45, 7) is 2.56. The first kappa shape index (κ1) is 33.3. The quantitative estimate of drug-likeness (QED) is 0.203. The number of ether oxygens (including phenoxy) is 3. The Bertz CT molecular complexity index is 1920. The molecule has 11 heteroatoms. The second-order valence-electron chi connectivity index (χ2n) is 12.2. The van der Waals surface area contributed by atoms with Gasteiger partial charge in [-0.15, -0.1) is 0 Å². The average molecular weight is 671 g/mol. The fourth-order valence-corrected chi connectivity index (χ4v) is 7.58. The van der Waals surface area contributed by atoms with Gasteiger partial charge in [0.2, 0.25) is 23.0 Å². The molecule has 1 aliphatic heterocycles. The van der Waals surface area contributed by atoms with Crippen molar-refractivity contribution >= 4 is 40.2 Å². The standard InChI is InChI=1S/C37H42N4O6S/c1-21(42)38-28-12-10-22-18-33(45-2)35(46-3)36(47-4)34(22)25-11-13-29(32(43)19-26(25)28)40-30(15-17-48-5)37(44)41-16-14-24-23-8-6-7-9-27(23)39-31(24)20-41/h6-9,11,13,18-19,28,30,39H,10,12,14-17,20H2,1-5H3,(H,38,42)(H,40,43). The van der Waals surface area contributed by atoms with Crippen LogP contribution in [0.1, 0.15) is 48.2 Å². The van der Waals surface area contributed by atoms with Crippen LogP contribution in [0.3, 0.4) is 0 Å². The van der Waals surface area contributed by atoms with Crippen molar-refractivity contribution in [3.63, 3.8) is 0 Å². The minimum Gasteiger partial charge on any atom is -0.493 e. The molecule has 2 unspecified atom stereocenters. The number of thioether (sulfide) groups is 1. The number of carbonyl (C=O) groups is 2. The Labute approximate surface area is 284 Å². The number of benzene rings is 2. The molecule has 0 saturated carbocycles. The van der Waals surface area contributed by atoms with Gasteiger partial charge in [0.15, 0.2) is 11.5 Å². The molecule has 2 heterocycles. The third kappa shape index (κ3) is 6.31. The van der Waals surface area contributed by atoms with Crippen LogP contribution in [0.15, 0.2) is 53.3 Å². The second-order valence-corrected chi connectivity index (χ2v) is 13.2. The van der Waals surface area contributed by atoms with Gasteiger partial charge in [-0.05, 0) is 84.2 Å². The number of fused-ring (bicyclic) bond motifs is 6. The summed E-state index contributed by atoms with van der Waals surface area (Å²) in [5.74, 6) is 1.97. The molecule has 0 radical (unpaired) electrons. The SMILES string of the molecule is COc1cc2c(c(OC)c1OC)-c1ccc(NC(CCSC)C(=O)N3CCc4c([nH]c5ccccc45)C3)c(=O)cc1C(NC(C)=O)CC2. The highest BCUT2D eigenvalue weighted by molar-refractivity contribution is 7.98. The number of methoxy groups -OCH3 is 3. The molecule has 48 heavy (non-hydrogen) atoms. The minimum atomic E-state index is -0.601. The molecule has 0 bridgehead atoms. The first-order chi connectivity index (χ1) is 23.3. The Morgan fingerprint density at radius 1 is 1.04 bits per heavy atom. The van der Waals surface area contributed by atoms with Crippen LogP contribution >= 0.6 is 11.8 Å². The smallest absolute Gasteiger partial charge is 0.245 e. The maximum absolute atomic E-state index is 14.1. The van der Waals surface area contributed by atoms with Crippen LogP contribution < -0.4 is 30.3 Å². The maximum atomic E-state index is 14.1. The molecule has 2 atom stereocenters. The molecule has 0 spiro atoms. The number of hydrogen-bond donors (Lipinski definition) is 3. The summed E-state index contributed by atoms with van der Waals surface area (Å²) < 4.78 is 17.3. The summed E-state index contributed by atoms with van der Waals surface area (Å²) in [5, 5.41) is 7.60. The molecule has 2 amide bonds. The summed E-state index contributed by atoms with van der Waals surface area (Å²) in [6, 6.07) is 14.3. The molecule has 3 aromatic carbocycles. The Kier molecular flexibility index (Phi) is 9.86. The predicted molar refractivity (Wildman–Crippen MR) is 191 cm³/mol. The molecular formula is C37H42N4O6S. The van der Waals surface area contributed by atoms with Gasteiger partial charge < -0.3 is 34.7 Å². The van der Waals surface area contributed by atoms with E-state index in [1.165, 1.54) is 17.9 Å². The number of aromatic amines is 1. The molecule has 1 aliphatic carbocycles. The van der Waals surface area contributed by atoms with Crippen LogP contribution in [-0.2, 0) is 29.0 Å². The summed E-state index contributed by atoms with van der Waals surface area (Å²) >= 11 is 1.66. The Morgan fingerprint density at radius 2 is 1.83 bits per heavy atom. The van der Waals surface area contributed by atoms with E-state index in [1.807, 2.05) is 35.4 Å². The highest BCUT2D eigenvalue weighted by atomic mass is 32.2. The number of nitrogens with zero attached hydrogens (tertiary/aromatic N) is 1. The minimum absolute atomic E-state index is 0.0409. The van der Waals surface area contributed by atoms with Crippen LogP contribution in [0, 0.1) is 0 Å². The number of hydrogen-bond acceptors (Lipinski definition) is 8. The topological polar surface area (TPSA) is 122 Å². The molecule has 6 rings (SSSR count). The zero-order chi connectivity index (χ0) is 33.9. The van der Waals surface area contributed by atoms with Gasteiger partial charge in [0.05, 0.1) is 39.6 Å². The number of amides is 2. The molecule has 1 aromatic heterocycles. The largest absolute Gasteiger partial charge is 0.493 e. The molecule has 0 fully saturated rings. The van der Waals surface area contributed by atoms with E-state index >= 15 is 0 Å². The van der Waals surface area contributed by atoms with Crippen molar-refractivity contribution in [1.82, 2.24) is 15.2 Å². The Hall–Kier alpha value is -4.64. The van der Waals surface area contributed by atoms with E-state index < -0.39 is 12.1 Å². The van der Waals surface area contributed by atoms with Crippen LogP contribution in [0.25, 0.3) is 22.0 Å². The van der Waals surface area contributed by atoms with E-state index in [4.69, 9.17) is 14.2 Å². The van der Waals surface area contributed by atoms with Gasteiger partial charge in [0, 0.05) is 35.6 Å². The van der Waals surface area contributed by atoms with E-state index in [0.717, 1.165) is 40.1 Å². The fourth-order valence-electron chi connectivity index (χ4n) is 7.11. The summed E-state index contributed by atoms with van der Waals surface area (Å²) in [5.41, 5.74) is 6.57. The number of carbonyl (C=O) groups excluding carboxylic acids is 2. The van der Waals surface area contributed by atoms with Gasteiger partial charge in [0.1, 0.15) is 6.04 Å². The average Bonchev–Trinajstić information content (AvgIpc) is 3.31. The van der Waals surface area contributed by atoms with Gasteiger partial charge in [-0.2, -0.15) is 11.8 Å². The second kappa shape index (κ2) is 14.2. The lowest BCUT2D eigenvalue weighted by molar-refractivity contribution is -0.133. The number of aryl methyl sites for hydroxylation is 1. The lowest BCUT2D eigenvalue weighted by Gasteiger charge is -2.31. The van der Waals surface area contributed by atoms with Gasteiger partial charge >= 0.3 is 0 Å². The summed E-state index contributed by atoms with van der Waals surface area (Å²) in [6.07, 6.45) is 4.49. The first-order valence-corrected chi connectivity index (χ1v) is 17.6. The predicted octanol–water partition coefficient (Wildman–Crippen LogP) is 5.46. The van der Waals surface area contributed by atoms with E-state index in [9.17, 15) is 14.4 Å². The third-order valence-electron chi connectivity index (χ3n) is 9.35. The van der Waals surface area contributed by atoms with E-state index in [1.54, 1.807) is 45.2 Å². The number of anilines is 1. The number of para-hydroxylation sites is 1. The molecular weight excluding hydrogens is 628 g/mol. The van der Waals surface area contributed by atoms with Crippen molar-refractivity contribution in [3.8, 4) is 28.4 Å². The van der Waals surface area contributed by atoms with E-state index in [2.05, 4.69) is 27.8 Å². The zero-order valence-electron chi connectivity index (χ0n) is 28.0. The van der Waals surface area contributed by atoms with Crippen LogP contribution in [0.2, 0.25) is 0 Å². The van der Waals surface area contributed by atoms with Crippen LogP contribution in [0.4, 0.5) is 5.69 Å². The van der Waals surface area contributed by atoms with Gasteiger partial charge in [-0.25, -0.2) is 0 Å². The Balaban J connectivity index is 1.39. The molecule has 3 N–H and O–H groups in total. The Morgan fingerprint density at radius 3 is 2.56 bits per heavy atom. The molecule has 10 nitrogen and oxygen atoms in total. The van der Waals surface area contributed by atoms with Crippen LogP contribution in [0.5, 0.6) is 17.2 Å². The van der Waals surface area contributed by atoms with Crippen molar-refractivity contribution in [2.75, 3.05) is 45.2 Å². The highest BCUT2D eigenvalue weighted by Gasteiger charge is 2.31. The molecule has 2 aliphatic rings.